The number of rotatable bonds is 8. The van der Waals surface area contributed by atoms with E-state index in [4.69, 9.17) is 4.74 Å². The van der Waals surface area contributed by atoms with E-state index in [1.54, 1.807) is 0 Å². The lowest BCUT2D eigenvalue weighted by atomic mass is 9.86. The van der Waals surface area contributed by atoms with Crippen molar-refractivity contribution in [3.8, 4) is 0 Å². The third kappa shape index (κ3) is 5.83. The van der Waals surface area contributed by atoms with Crippen LogP contribution in [-0.4, -0.2) is 22.2 Å². The second-order valence-electron chi connectivity index (χ2n) is 8.01. The molecule has 1 heterocycles. The van der Waals surface area contributed by atoms with Crippen molar-refractivity contribution in [2.24, 2.45) is 0 Å². The third-order valence-electron chi connectivity index (χ3n) is 5.84. The molecule has 0 fully saturated rings. The topological polar surface area (TPSA) is 55.3 Å². The van der Waals surface area contributed by atoms with Gasteiger partial charge in [-0.25, -0.2) is 22.7 Å². The van der Waals surface area contributed by atoms with E-state index >= 15 is 0 Å². The van der Waals surface area contributed by atoms with Gasteiger partial charge in [-0.3, -0.25) is 0 Å². The van der Waals surface area contributed by atoms with Crippen LogP contribution in [0, 0.1) is 18.6 Å². The fourth-order valence-electron chi connectivity index (χ4n) is 3.85. The largest absolute Gasteiger partial charge is 1.00 e. The molecule has 0 aliphatic carbocycles. The summed E-state index contributed by atoms with van der Waals surface area (Å²) in [6, 6.07) is 19.9. The van der Waals surface area contributed by atoms with Crippen LogP contribution in [0.2, 0.25) is 0 Å². The van der Waals surface area contributed by atoms with E-state index < -0.39 is 23.2 Å². The predicted octanol–water partition coefficient (Wildman–Crippen LogP) is 0.894. The van der Waals surface area contributed by atoms with Crippen LogP contribution in [-0.2, 0) is 28.2 Å². The summed E-state index contributed by atoms with van der Waals surface area (Å²) >= 11 is 0. The molecule has 0 aliphatic rings. The first-order valence-electron chi connectivity index (χ1n) is 10.9. The lowest BCUT2D eigenvalue weighted by Crippen LogP contribution is -3.00. The summed E-state index contributed by atoms with van der Waals surface area (Å²) < 4.78 is 36.4. The van der Waals surface area contributed by atoms with Gasteiger partial charge in [0.05, 0.1) is 0 Å². The molecule has 0 atom stereocenters. The van der Waals surface area contributed by atoms with Crippen molar-refractivity contribution in [3.63, 3.8) is 0 Å². The predicted molar refractivity (Wildman–Crippen MR) is 122 cm³/mol. The highest BCUT2D eigenvalue weighted by atomic mass is 79.9. The first kappa shape index (κ1) is 26.2. The van der Waals surface area contributed by atoms with Gasteiger partial charge in [0, 0.05) is 6.92 Å². The molecule has 0 bridgehead atoms. The number of nitrogens with zero attached hydrogens (tertiary/aromatic N) is 2. The second-order valence-corrected chi connectivity index (χ2v) is 8.01. The van der Waals surface area contributed by atoms with Crippen molar-refractivity contribution in [2.75, 3.05) is 6.61 Å². The summed E-state index contributed by atoms with van der Waals surface area (Å²) in [5.74, 6) is -0.962. The Kier molecular flexibility index (Phi) is 8.53. The summed E-state index contributed by atoms with van der Waals surface area (Å²) in [5.41, 5.74) is -0.782. The number of hydrogen-bond donors (Lipinski definition) is 1. The molecule has 3 aromatic carbocycles. The van der Waals surface area contributed by atoms with E-state index in [1.807, 2.05) is 42.1 Å². The number of esters is 1. The Hall–Kier alpha value is -3.36. The zero-order valence-electron chi connectivity index (χ0n) is 19.1. The highest BCUT2D eigenvalue weighted by Crippen LogP contribution is 2.31. The average molecular weight is 543 g/mol. The molecule has 5 nitrogen and oxygen atoms in total. The number of hydrogen-bond acceptors (Lipinski definition) is 3. The average Bonchev–Trinajstić information content (AvgIpc) is 3.19. The van der Waals surface area contributed by atoms with Crippen molar-refractivity contribution >= 4 is 5.97 Å². The Morgan fingerprint density at radius 2 is 1.49 bits per heavy atom. The molecule has 0 saturated carbocycles. The SMILES string of the molecule is Cc1n(CCOC(=O)C(O)(c2ccc(F)cc2)c2ccc(F)cc2)cc[n+]1Cc1ccccc1.[Br-]. The maximum atomic E-state index is 13.4. The van der Waals surface area contributed by atoms with E-state index in [9.17, 15) is 18.7 Å². The molecule has 0 saturated heterocycles. The van der Waals surface area contributed by atoms with Crippen molar-refractivity contribution in [3.05, 3.63) is 125 Å². The van der Waals surface area contributed by atoms with Crippen LogP contribution in [0.3, 0.4) is 0 Å². The second kappa shape index (κ2) is 11.4. The summed E-state index contributed by atoms with van der Waals surface area (Å²) in [7, 11) is 0. The summed E-state index contributed by atoms with van der Waals surface area (Å²) in [4.78, 5) is 13.1. The molecular formula is C27H25BrF2N2O3. The fourth-order valence-corrected chi connectivity index (χ4v) is 3.85. The van der Waals surface area contributed by atoms with Crippen LogP contribution in [0.5, 0.6) is 0 Å². The van der Waals surface area contributed by atoms with E-state index in [0.717, 1.165) is 30.1 Å². The number of halogens is 3. The van der Waals surface area contributed by atoms with Gasteiger partial charge in [0.1, 0.15) is 43.7 Å². The summed E-state index contributed by atoms with van der Waals surface area (Å²) in [6.07, 6.45) is 3.86. The zero-order valence-corrected chi connectivity index (χ0v) is 20.7. The smallest absolute Gasteiger partial charge is 0.347 e. The molecule has 0 radical (unpaired) electrons. The molecule has 1 N–H and O–H groups in total. The van der Waals surface area contributed by atoms with Crippen molar-refractivity contribution < 1.29 is 45.0 Å². The number of carbonyl (C=O) groups excluding carboxylic acids is 1. The van der Waals surface area contributed by atoms with Crippen LogP contribution < -0.4 is 21.5 Å². The Bertz CT molecular complexity index is 1210. The third-order valence-corrected chi connectivity index (χ3v) is 5.84. The van der Waals surface area contributed by atoms with Crippen LogP contribution in [0.15, 0.2) is 91.3 Å². The Labute approximate surface area is 213 Å². The number of ether oxygens (including phenoxy) is 1. The minimum atomic E-state index is -2.21. The summed E-state index contributed by atoms with van der Waals surface area (Å²) in [5, 5.41) is 11.4. The van der Waals surface area contributed by atoms with Gasteiger partial charge in [-0.05, 0) is 41.0 Å². The maximum Gasteiger partial charge on any atom is 0.347 e. The number of carbonyl (C=O) groups is 1. The van der Waals surface area contributed by atoms with Gasteiger partial charge in [-0.15, -0.1) is 0 Å². The molecule has 35 heavy (non-hydrogen) atoms. The highest BCUT2D eigenvalue weighted by molar-refractivity contribution is 5.85. The van der Waals surface area contributed by atoms with Crippen molar-refractivity contribution in [2.45, 2.75) is 25.6 Å². The first-order valence-corrected chi connectivity index (χ1v) is 10.9. The van der Waals surface area contributed by atoms with E-state index in [2.05, 4.69) is 16.7 Å². The molecular weight excluding hydrogens is 518 g/mol. The zero-order chi connectivity index (χ0) is 24.1. The van der Waals surface area contributed by atoms with Gasteiger partial charge >= 0.3 is 5.97 Å². The van der Waals surface area contributed by atoms with Crippen LogP contribution in [0.1, 0.15) is 22.5 Å². The van der Waals surface area contributed by atoms with Crippen LogP contribution in [0.25, 0.3) is 0 Å². The normalized spacial score (nSPS) is 11.1. The molecule has 182 valence electrons. The van der Waals surface area contributed by atoms with Gasteiger partial charge in [-0.1, -0.05) is 54.6 Å². The van der Waals surface area contributed by atoms with Crippen LogP contribution >= 0.6 is 0 Å². The molecule has 1 aromatic heterocycles. The molecule has 4 aromatic rings. The molecule has 0 unspecified atom stereocenters. The lowest BCUT2D eigenvalue weighted by molar-refractivity contribution is -0.694. The number of benzene rings is 3. The lowest BCUT2D eigenvalue weighted by Gasteiger charge is -2.27. The Morgan fingerprint density at radius 1 is 0.943 bits per heavy atom. The minimum Gasteiger partial charge on any atom is -1.00 e. The molecule has 0 amide bonds. The minimum absolute atomic E-state index is 0. The Balaban J connectivity index is 0.00000342. The van der Waals surface area contributed by atoms with Gasteiger partial charge in [0.2, 0.25) is 5.60 Å². The quantitative estimate of drug-likeness (QED) is 0.266. The Morgan fingerprint density at radius 3 is 2.03 bits per heavy atom. The van der Waals surface area contributed by atoms with E-state index in [1.165, 1.54) is 29.8 Å². The standard InChI is InChI=1S/C27H25F2N2O3.BrH/c1-20-30(15-16-31(20)19-21-5-3-2-4-6-21)17-18-34-26(32)27(33,22-7-11-24(28)12-8-22)23-9-13-25(29)14-10-23;/h2-16,33H,17-19H2,1H3;1H/q+1;/p-1. The van der Waals surface area contributed by atoms with E-state index in [-0.39, 0.29) is 34.7 Å². The summed E-state index contributed by atoms with van der Waals surface area (Å²) in [6.45, 7) is 3.07. The fraction of sp³-hybridized carbons (Fsp3) is 0.185. The van der Waals surface area contributed by atoms with E-state index in [0.29, 0.717) is 13.1 Å². The van der Waals surface area contributed by atoms with Gasteiger partial charge in [0.25, 0.3) is 5.82 Å². The number of imidazole rings is 1. The highest BCUT2D eigenvalue weighted by Gasteiger charge is 2.42. The van der Waals surface area contributed by atoms with Crippen LogP contribution in [0.4, 0.5) is 8.78 Å². The van der Waals surface area contributed by atoms with Gasteiger partial charge in [0.15, 0.2) is 0 Å². The first-order chi connectivity index (χ1) is 16.4. The van der Waals surface area contributed by atoms with Crippen molar-refractivity contribution in [1.29, 1.82) is 0 Å². The molecule has 0 aliphatic heterocycles. The van der Waals surface area contributed by atoms with Crippen molar-refractivity contribution in [1.82, 2.24) is 4.57 Å². The maximum absolute atomic E-state index is 13.4. The molecule has 8 heteroatoms. The molecule has 0 spiro atoms. The number of aliphatic hydroxyl groups is 1. The molecule has 4 rings (SSSR count). The monoisotopic (exact) mass is 542 g/mol. The number of aromatic nitrogens is 2. The van der Waals surface area contributed by atoms with Gasteiger partial charge in [-0.2, -0.15) is 0 Å². The van der Waals surface area contributed by atoms with Gasteiger partial charge < -0.3 is 26.8 Å².